The Morgan fingerprint density at radius 2 is 1.63 bits per heavy atom. The second-order valence-electron chi connectivity index (χ2n) is 12.3. The van der Waals surface area contributed by atoms with Gasteiger partial charge in [0.25, 0.3) is 15.7 Å². The fourth-order valence-electron chi connectivity index (χ4n) is 6.00. The van der Waals surface area contributed by atoms with Gasteiger partial charge in [0.15, 0.2) is 11.6 Å². The van der Waals surface area contributed by atoms with Crippen LogP contribution in [0.1, 0.15) is 41.8 Å². The molecule has 0 saturated heterocycles. The van der Waals surface area contributed by atoms with E-state index in [9.17, 15) is 45.5 Å². The number of rotatable bonds is 11. The number of fused-ring (bicyclic) bond motifs is 2. The van der Waals surface area contributed by atoms with Crippen LogP contribution < -0.4 is 20.1 Å². The summed E-state index contributed by atoms with van der Waals surface area (Å²) in [7, 11) is -4.40. The Hall–Kier alpha value is -4.92. The van der Waals surface area contributed by atoms with Crippen LogP contribution in [0.5, 0.6) is 11.5 Å². The van der Waals surface area contributed by atoms with E-state index in [1.165, 1.54) is 13.2 Å². The Morgan fingerprint density at radius 1 is 0.959 bits per heavy atom. The zero-order valence-corrected chi connectivity index (χ0v) is 27.2. The number of hydrogen-bond donors (Lipinski definition) is 3. The largest absolute Gasteiger partial charge is 0.501 e. The number of carbonyl (C=O) groups excluding carboxylic acids is 2. The summed E-state index contributed by atoms with van der Waals surface area (Å²) in [5.41, 5.74) is -5.75. The fraction of sp³-hybridized carbons (Fsp3) is 0.324. The zero-order valence-electron chi connectivity index (χ0n) is 26.4. The number of aliphatic carboxylic acids is 1. The van der Waals surface area contributed by atoms with Crippen LogP contribution in [0.15, 0.2) is 77.7 Å². The van der Waals surface area contributed by atoms with E-state index >= 15 is 0 Å². The molecule has 2 aliphatic carbocycles. The van der Waals surface area contributed by atoms with Crippen LogP contribution in [0.25, 0.3) is 0 Å². The SMILES string of the molecule is COc1cc(F)c(OCc2ccc(C(C)(C)C(=O)O)cc2)cc1C(=O)NC1C2C=CC(C2)C1C(=O)Nc1cccc(S(=O)(=O)C(F)(F)F)c1. The number of methoxy groups -OCH3 is 1. The maximum atomic E-state index is 15.0. The molecule has 49 heavy (non-hydrogen) atoms. The van der Waals surface area contributed by atoms with Crippen molar-refractivity contribution in [2.24, 2.45) is 17.8 Å². The van der Waals surface area contributed by atoms with Crippen molar-refractivity contribution in [2.45, 2.75) is 48.7 Å². The summed E-state index contributed by atoms with van der Waals surface area (Å²) in [5.74, 6) is -4.98. The quantitative estimate of drug-likeness (QED) is 0.172. The number of carboxylic acids is 1. The summed E-state index contributed by atoms with van der Waals surface area (Å²) < 4.78 is 88.9. The lowest BCUT2D eigenvalue weighted by Gasteiger charge is -2.28. The zero-order chi connectivity index (χ0) is 35.9. The van der Waals surface area contributed by atoms with Gasteiger partial charge < -0.3 is 25.2 Å². The van der Waals surface area contributed by atoms with E-state index in [1.54, 1.807) is 38.1 Å². The Morgan fingerprint density at radius 3 is 2.27 bits per heavy atom. The number of alkyl halides is 3. The summed E-state index contributed by atoms with van der Waals surface area (Å²) in [6, 6.07) is 11.7. The predicted octanol–water partition coefficient (Wildman–Crippen LogP) is 5.63. The van der Waals surface area contributed by atoms with Crippen molar-refractivity contribution in [3.05, 3.63) is 95.3 Å². The van der Waals surface area contributed by atoms with Gasteiger partial charge in [0, 0.05) is 17.8 Å². The summed E-state index contributed by atoms with van der Waals surface area (Å²) in [6.07, 6.45) is 4.15. The van der Waals surface area contributed by atoms with Crippen LogP contribution in [0, 0.1) is 23.6 Å². The summed E-state index contributed by atoms with van der Waals surface area (Å²) in [5, 5.41) is 14.8. The molecule has 5 rings (SSSR count). The van der Waals surface area contributed by atoms with Gasteiger partial charge >= 0.3 is 11.5 Å². The van der Waals surface area contributed by atoms with Crippen molar-refractivity contribution < 1.29 is 54.9 Å². The average Bonchev–Trinajstić information content (AvgIpc) is 3.66. The summed E-state index contributed by atoms with van der Waals surface area (Å²) in [4.78, 5) is 37.6. The molecule has 4 atom stereocenters. The number of anilines is 1. The highest BCUT2D eigenvalue weighted by Gasteiger charge is 2.50. The molecule has 3 aromatic rings. The van der Waals surface area contributed by atoms with Crippen LogP contribution in [-0.2, 0) is 31.4 Å². The van der Waals surface area contributed by atoms with Crippen molar-refractivity contribution in [2.75, 3.05) is 12.4 Å². The normalized spacial score (nSPS) is 20.1. The van der Waals surface area contributed by atoms with Gasteiger partial charge in [-0.05, 0) is 67.5 Å². The highest BCUT2D eigenvalue weighted by Crippen LogP contribution is 2.45. The number of hydrogen-bond acceptors (Lipinski definition) is 7. The molecule has 0 aliphatic heterocycles. The topological polar surface area (TPSA) is 148 Å². The summed E-state index contributed by atoms with van der Waals surface area (Å²) >= 11 is 0. The maximum Gasteiger partial charge on any atom is 0.501 e. The van der Waals surface area contributed by atoms with E-state index in [2.05, 4.69) is 10.6 Å². The van der Waals surface area contributed by atoms with Crippen molar-refractivity contribution >= 4 is 33.3 Å². The predicted molar refractivity (Wildman–Crippen MR) is 168 cm³/mol. The molecule has 2 bridgehead atoms. The van der Waals surface area contributed by atoms with E-state index in [1.807, 2.05) is 12.2 Å². The van der Waals surface area contributed by atoms with E-state index in [4.69, 9.17) is 9.47 Å². The molecule has 0 radical (unpaired) electrons. The van der Waals surface area contributed by atoms with Crippen molar-refractivity contribution in [3.63, 3.8) is 0 Å². The molecular weight excluding hydrogens is 672 g/mol. The number of nitrogens with one attached hydrogen (secondary N) is 2. The Balaban J connectivity index is 1.32. The van der Waals surface area contributed by atoms with Gasteiger partial charge in [-0.1, -0.05) is 42.5 Å². The monoisotopic (exact) mass is 704 g/mol. The fourth-order valence-corrected chi connectivity index (χ4v) is 6.81. The first-order valence-corrected chi connectivity index (χ1v) is 16.5. The number of halogens is 4. The van der Waals surface area contributed by atoms with Crippen molar-refractivity contribution in [1.29, 1.82) is 0 Å². The molecule has 2 aliphatic rings. The third-order valence-electron chi connectivity index (χ3n) is 8.88. The van der Waals surface area contributed by atoms with Crippen molar-refractivity contribution in [3.8, 4) is 11.5 Å². The highest BCUT2D eigenvalue weighted by molar-refractivity contribution is 7.92. The van der Waals surface area contributed by atoms with Gasteiger partial charge in [-0.15, -0.1) is 0 Å². The van der Waals surface area contributed by atoms with Gasteiger partial charge in [0.2, 0.25) is 5.91 Å². The smallest absolute Gasteiger partial charge is 0.496 e. The molecule has 3 aromatic carbocycles. The van der Waals surface area contributed by atoms with E-state index in [-0.39, 0.29) is 41.2 Å². The van der Waals surface area contributed by atoms with Crippen LogP contribution in [0.2, 0.25) is 0 Å². The minimum absolute atomic E-state index is 0.0894. The lowest BCUT2D eigenvalue weighted by Crippen LogP contribution is -2.47. The molecule has 260 valence electrons. The summed E-state index contributed by atoms with van der Waals surface area (Å²) in [6.45, 7) is 3.02. The first-order valence-electron chi connectivity index (χ1n) is 15.0. The molecular formula is C34H32F4N2O8S. The molecule has 0 heterocycles. The number of carbonyl (C=O) groups is 3. The minimum atomic E-state index is -5.65. The molecule has 0 aromatic heterocycles. The van der Waals surface area contributed by atoms with Gasteiger partial charge in [0.1, 0.15) is 12.4 Å². The molecule has 1 saturated carbocycles. The molecule has 2 amide bonds. The lowest BCUT2D eigenvalue weighted by molar-refractivity contribution is -0.142. The maximum absolute atomic E-state index is 15.0. The number of benzene rings is 3. The van der Waals surface area contributed by atoms with Crippen LogP contribution in [-0.4, -0.2) is 50.0 Å². The van der Waals surface area contributed by atoms with Gasteiger partial charge in [0.05, 0.1) is 28.9 Å². The van der Waals surface area contributed by atoms with E-state index in [0.717, 1.165) is 24.3 Å². The number of allylic oxidation sites excluding steroid dienone is 1. The molecule has 1 fully saturated rings. The Kier molecular flexibility index (Phi) is 9.52. The minimum Gasteiger partial charge on any atom is -0.496 e. The van der Waals surface area contributed by atoms with Crippen LogP contribution >= 0.6 is 0 Å². The third kappa shape index (κ3) is 6.98. The van der Waals surface area contributed by atoms with Gasteiger partial charge in [-0.3, -0.25) is 14.4 Å². The van der Waals surface area contributed by atoms with E-state index in [0.29, 0.717) is 23.6 Å². The second-order valence-corrected chi connectivity index (χ2v) is 14.3. The highest BCUT2D eigenvalue weighted by atomic mass is 32.2. The third-order valence-corrected chi connectivity index (χ3v) is 10.4. The molecule has 3 N–H and O–H groups in total. The van der Waals surface area contributed by atoms with Crippen LogP contribution in [0.3, 0.4) is 0 Å². The lowest BCUT2D eigenvalue weighted by atomic mass is 9.84. The Bertz CT molecular complexity index is 1930. The number of sulfone groups is 1. The number of amides is 2. The van der Waals surface area contributed by atoms with Gasteiger partial charge in [-0.2, -0.15) is 13.2 Å². The Labute approximate surface area is 279 Å². The first-order chi connectivity index (χ1) is 22.9. The number of ether oxygens (including phenoxy) is 2. The standard InChI is InChI=1S/C34H32F4N2O8S/c1-33(2,32(43)44)21-11-7-18(8-12-21)17-48-27-15-24(26(47-3)16-25(27)35)30(41)40-29-20-10-9-19(13-20)28(29)31(42)39-22-5-4-6-23(14-22)49(45,46)34(36,37)38/h4-12,14-16,19-20,28-29H,13,17H2,1-3H3,(H,39,42)(H,40,41)(H,43,44). The molecule has 4 unspecified atom stereocenters. The second kappa shape index (κ2) is 13.2. The van der Waals surface area contributed by atoms with Crippen LogP contribution in [0.4, 0.5) is 23.2 Å². The van der Waals surface area contributed by atoms with Crippen molar-refractivity contribution in [1.82, 2.24) is 5.32 Å². The van der Waals surface area contributed by atoms with E-state index < -0.39 is 61.2 Å². The molecule has 15 heteroatoms. The molecule has 10 nitrogen and oxygen atoms in total. The first kappa shape index (κ1) is 35.4. The average molecular weight is 705 g/mol. The van der Waals surface area contributed by atoms with Gasteiger partial charge in [-0.25, -0.2) is 12.8 Å². The molecule has 0 spiro atoms. The number of carboxylic acid groups (broad SMARTS) is 1.